The zero-order valence-corrected chi connectivity index (χ0v) is 11.1. The predicted octanol–water partition coefficient (Wildman–Crippen LogP) is 2.66. The van der Waals surface area contributed by atoms with E-state index >= 15 is 0 Å². The Balaban J connectivity index is 2.02. The summed E-state index contributed by atoms with van der Waals surface area (Å²) in [6.45, 7) is 9.17. The van der Waals surface area contributed by atoms with Crippen LogP contribution >= 0.6 is 0 Å². The van der Waals surface area contributed by atoms with E-state index in [9.17, 15) is 5.11 Å². The molecule has 1 aliphatic heterocycles. The van der Waals surface area contributed by atoms with Crippen LogP contribution in [0.5, 0.6) is 0 Å². The molecule has 3 unspecified atom stereocenters. The SMILES string of the molecule is CC1CCCN(C2CCCC(C)(C)C2O)C1. The Morgan fingerprint density at radius 3 is 2.62 bits per heavy atom. The van der Waals surface area contributed by atoms with Crippen molar-refractivity contribution in [2.45, 2.75) is 65.0 Å². The first-order valence-electron chi connectivity index (χ1n) is 6.93. The maximum absolute atomic E-state index is 10.5. The van der Waals surface area contributed by atoms with E-state index in [0.29, 0.717) is 6.04 Å². The third kappa shape index (κ3) is 2.43. The lowest BCUT2D eigenvalue weighted by molar-refractivity contribution is -0.0660. The Morgan fingerprint density at radius 1 is 1.19 bits per heavy atom. The molecular formula is C14H27NO. The van der Waals surface area contributed by atoms with Gasteiger partial charge in [0, 0.05) is 12.6 Å². The lowest BCUT2D eigenvalue weighted by atomic mass is 9.71. The van der Waals surface area contributed by atoms with Crippen LogP contribution in [0.15, 0.2) is 0 Å². The van der Waals surface area contributed by atoms with E-state index in [-0.39, 0.29) is 11.5 Å². The average Bonchev–Trinajstić information content (AvgIpc) is 2.22. The van der Waals surface area contributed by atoms with E-state index in [0.717, 1.165) is 5.92 Å². The molecule has 0 aromatic heterocycles. The number of hydrogen-bond acceptors (Lipinski definition) is 2. The molecule has 2 aliphatic rings. The Morgan fingerprint density at radius 2 is 1.94 bits per heavy atom. The van der Waals surface area contributed by atoms with Gasteiger partial charge < -0.3 is 5.11 Å². The lowest BCUT2D eigenvalue weighted by Crippen LogP contribution is -2.54. The molecule has 0 aromatic rings. The summed E-state index contributed by atoms with van der Waals surface area (Å²) in [6.07, 6.45) is 6.19. The fourth-order valence-electron chi connectivity index (χ4n) is 3.50. The molecule has 1 saturated carbocycles. The van der Waals surface area contributed by atoms with Crippen LogP contribution in [-0.2, 0) is 0 Å². The maximum atomic E-state index is 10.5. The topological polar surface area (TPSA) is 23.5 Å². The van der Waals surface area contributed by atoms with Crippen molar-refractivity contribution in [3.63, 3.8) is 0 Å². The van der Waals surface area contributed by atoms with E-state index in [1.165, 1.54) is 45.2 Å². The molecule has 2 rings (SSSR count). The minimum absolute atomic E-state index is 0.115. The van der Waals surface area contributed by atoms with Gasteiger partial charge in [0.25, 0.3) is 0 Å². The molecule has 2 heteroatoms. The summed E-state index contributed by atoms with van der Waals surface area (Å²) < 4.78 is 0. The van der Waals surface area contributed by atoms with Crippen molar-refractivity contribution in [3.05, 3.63) is 0 Å². The summed E-state index contributed by atoms with van der Waals surface area (Å²) in [5, 5.41) is 10.5. The second-order valence-electron chi connectivity index (χ2n) is 6.64. The summed E-state index contributed by atoms with van der Waals surface area (Å²) in [7, 11) is 0. The summed E-state index contributed by atoms with van der Waals surface area (Å²) in [4.78, 5) is 2.56. The number of hydrogen-bond donors (Lipinski definition) is 1. The van der Waals surface area contributed by atoms with Gasteiger partial charge in [-0.05, 0) is 43.6 Å². The predicted molar refractivity (Wildman–Crippen MR) is 67.4 cm³/mol. The number of piperidine rings is 1. The van der Waals surface area contributed by atoms with Gasteiger partial charge in [-0.2, -0.15) is 0 Å². The molecule has 94 valence electrons. The minimum atomic E-state index is -0.133. The zero-order valence-electron chi connectivity index (χ0n) is 11.1. The van der Waals surface area contributed by atoms with Crippen LogP contribution in [0, 0.1) is 11.3 Å². The third-order valence-electron chi connectivity index (χ3n) is 4.64. The number of rotatable bonds is 1. The van der Waals surface area contributed by atoms with Crippen molar-refractivity contribution in [2.24, 2.45) is 11.3 Å². The molecule has 0 radical (unpaired) electrons. The van der Waals surface area contributed by atoms with Gasteiger partial charge in [0.1, 0.15) is 0 Å². The molecule has 1 aliphatic carbocycles. The van der Waals surface area contributed by atoms with E-state index in [1.54, 1.807) is 0 Å². The Bertz CT molecular complexity index is 239. The number of nitrogens with zero attached hydrogens (tertiary/aromatic N) is 1. The normalized spacial score (nSPS) is 40.9. The molecule has 0 spiro atoms. The van der Waals surface area contributed by atoms with Crippen molar-refractivity contribution >= 4 is 0 Å². The Kier molecular flexibility index (Phi) is 3.60. The third-order valence-corrected chi connectivity index (χ3v) is 4.64. The highest BCUT2D eigenvalue weighted by atomic mass is 16.3. The fourth-order valence-corrected chi connectivity index (χ4v) is 3.50. The van der Waals surface area contributed by atoms with Gasteiger partial charge >= 0.3 is 0 Å². The molecule has 3 atom stereocenters. The van der Waals surface area contributed by atoms with Gasteiger partial charge in [-0.15, -0.1) is 0 Å². The van der Waals surface area contributed by atoms with Crippen molar-refractivity contribution < 1.29 is 5.11 Å². The Labute approximate surface area is 100 Å². The van der Waals surface area contributed by atoms with Crippen LogP contribution in [0.3, 0.4) is 0 Å². The number of aliphatic hydroxyl groups excluding tert-OH is 1. The molecule has 2 nitrogen and oxygen atoms in total. The molecule has 2 fully saturated rings. The first kappa shape index (κ1) is 12.4. The molecule has 16 heavy (non-hydrogen) atoms. The van der Waals surface area contributed by atoms with E-state index in [4.69, 9.17) is 0 Å². The fraction of sp³-hybridized carbons (Fsp3) is 1.00. The highest BCUT2D eigenvalue weighted by Gasteiger charge is 2.40. The van der Waals surface area contributed by atoms with Gasteiger partial charge in [0.15, 0.2) is 0 Å². The van der Waals surface area contributed by atoms with Crippen molar-refractivity contribution in [1.82, 2.24) is 4.90 Å². The molecule has 0 amide bonds. The molecule has 1 saturated heterocycles. The largest absolute Gasteiger partial charge is 0.391 e. The van der Waals surface area contributed by atoms with Crippen molar-refractivity contribution in [2.75, 3.05) is 13.1 Å². The van der Waals surface area contributed by atoms with E-state index in [2.05, 4.69) is 25.7 Å². The number of likely N-dealkylation sites (tertiary alicyclic amines) is 1. The quantitative estimate of drug-likeness (QED) is 0.741. The molecule has 0 aromatic carbocycles. The summed E-state index contributed by atoms with van der Waals surface area (Å²) in [5.41, 5.74) is 0.115. The molecular weight excluding hydrogens is 198 g/mol. The summed E-state index contributed by atoms with van der Waals surface area (Å²) in [5.74, 6) is 0.811. The van der Waals surface area contributed by atoms with Gasteiger partial charge in [-0.1, -0.05) is 27.2 Å². The average molecular weight is 225 g/mol. The van der Waals surface area contributed by atoms with Gasteiger partial charge in [0.05, 0.1) is 6.10 Å². The minimum Gasteiger partial charge on any atom is -0.391 e. The van der Waals surface area contributed by atoms with Crippen molar-refractivity contribution in [1.29, 1.82) is 0 Å². The lowest BCUT2D eigenvalue weighted by Gasteiger charge is -2.47. The van der Waals surface area contributed by atoms with Gasteiger partial charge in [-0.25, -0.2) is 0 Å². The van der Waals surface area contributed by atoms with Gasteiger partial charge in [0.2, 0.25) is 0 Å². The van der Waals surface area contributed by atoms with Crippen LogP contribution in [0.4, 0.5) is 0 Å². The standard InChI is InChI=1S/C14H27NO/c1-11-6-5-9-15(10-11)12-7-4-8-14(2,3)13(12)16/h11-13,16H,4-10H2,1-3H3. The monoisotopic (exact) mass is 225 g/mol. The summed E-state index contributed by atoms with van der Waals surface area (Å²) in [6, 6.07) is 0.423. The van der Waals surface area contributed by atoms with Crippen LogP contribution in [0.25, 0.3) is 0 Å². The highest BCUT2D eigenvalue weighted by Crippen LogP contribution is 2.38. The zero-order chi connectivity index (χ0) is 11.8. The van der Waals surface area contributed by atoms with E-state index < -0.39 is 0 Å². The highest BCUT2D eigenvalue weighted by molar-refractivity contribution is 4.94. The van der Waals surface area contributed by atoms with Crippen LogP contribution in [0.1, 0.15) is 52.9 Å². The molecule has 1 N–H and O–H groups in total. The first-order valence-corrected chi connectivity index (χ1v) is 6.93. The summed E-state index contributed by atoms with van der Waals surface area (Å²) >= 11 is 0. The van der Waals surface area contributed by atoms with Crippen LogP contribution in [-0.4, -0.2) is 35.2 Å². The van der Waals surface area contributed by atoms with Crippen LogP contribution in [0.2, 0.25) is 0 Å². The van der Waals surface area contributed by atoms with Gasteiger partial charge in [-0.3, -0.25) is 4.90 Å². The number of aliphatic hydroxyl groups is 1. The molecule has 1 heterocycles. The first-order chi connectivity index (χ1) is 7.50. The second kappa shape index (κ2) is 4.66. The smallest absolute Gasteiger partial charge is 0.0746 e. The van der Waals surface area contributed by atoms with Crippen molar-refractivity contribution in [3.8, 4) is 0 Å². The Hall–Kier alpha value is -0.0800. The molecule has 0 bridgehead atoms. The van der Waals surface area contributed by atoms with E-state index in [1.807, 2.05) is 0 Å². The second-order valence-corrected chi connectivity index (χ2v) is 6.64. The van der Waals surface area contributed by atoms with Crippen LogP contribution < -0.4 is 0 Å². The maximum Gasteiger partial charge on any atom is 0.0746 e.